The predicted octanol–water partition coefficient (Wildman–Crippen LogP) is 1.50. The highest BCUT2D eigenvalue weighted by Crippen LogP contribution is 2.01. The molecule has 0 atom stereocenters. The Labute approximate surface area is 117 Å². The van der Waals surface area contributed by atoms with Crippen molar-refractivity contribution in [2.24, 2.45) is 7.05 Å². The van der Waals surface area contributed by atoms with Crippen LogP contribution in [0.2, 0.25) is 0 Å². The Bertz CT molecular complexity index is 590. The van der Waals surface area contributed by atoms with E-state index in [1.54, 1.807) is 29.9 Å². The van der Waals surface area contributed by atoms with Crippen molar-refractivity contribution in [2.45, 2.75) is 6.61 Å². The number of aromatic nitrogens is 1. The highest BCUT2D eigenvalue weighted by atomic mass is 16.5. The highest BCUT2D eigenvalue weighted by Gasteiger charge is 2.11. The zero-order valence-electron chi connectivity index (χ0n) is 11.2. The van der Waals surface area contributed by atoms with Gasteiger partial charge in [0.2, 0.25) is 0 Å². The summed E-state index contributed by atoms with van der Waals surface area (Å²) in [5, 5.41) is 2.53. The number of rotatable bonds is 5. The maximum Gasteiger partial charge on any atom is 0.325 e. The molecule has 0 saturated heterocycles. The van der Waals surface area contributed by atoms with Gasteiger partial charge in [-0.3, -0.25) is 9.59 Å². The van der Waals surface area contributed by atoms with Crippen LogP contribution >= 0.6 is 0 Å². The Balaban J connectivity index is 1.75. The third kappa shape index (κ3) is 3.71. The Morgan fingerprint density at radius 1 is 1.15 bits per heavy atom. The van der Waals surface area contributed by atoms with E-state index in [4.69, 9.17) is 4.74 Å². The Hall–Kier alpha value is -2.56. The second kappa shape index (κ2) is 6.56. The number of benzene rings is 1. The van der Waals surface area contributed by atoms with Gasteiger partial charge in [-0.15, -0.1) is 0 Å². The first-order valence-corrected chi connectivity index (χ1v) is 6.26. The average molecular weight is 272 g/mol. The largest absolute Gasteiger partial charge is 0.460 e. The second-order valence-corrected chi connectivity index (χ2v) is 4.33. The number of hydrogen-bond donors (Lipinski definition) is 1. The molecule has 0 fully saturated rings. The lowest BCUT2D eigenvalue weighted by Gasteiger charge is -2.07. The van der Waals surface area contributed by atoms with Gasteiger partial charge in [0.15, 0.2) is 0 Å². The molecule has 0 aliphatic carbocycles. The molecule has 5 heteroatoms. The van der Waals surface area contributed by atoms with Crippen LogP contribution < -0.4 is 5.32 Å². The zero-order chi connectivity index (χ0) is 14.4. The van der Waals surface area contributed by atoms with Crippen LogP contribution in [0.3, 0.4) is 0 Å². The quantitative estimate of drug-likeness (QED) is 0.839. The number of nitrogens with zero attached hydrogens (tertiary/aromatic N) is 1. The molecular weight excluding hydrogens is 256 g/mol. The van der Waals surface area contributed by atoms with E-state index in [-0.39, 0.29) is 19.1 Å². The van der Waals surface area contributed by atoms with Crippen LogP contribution in [0.1, 0.15) is 16.1 Å². The number of hydrogen-bond acceptors (Lipinski definition) is 3. The van der Waals surface area contributed by atoms with E-state index in [1.165, 1.54) is 0 Å². The normalized spacial score (nSPS) is 10.1. The lowest BCUT2D eigenvalue weighted by Crippen LogP contribution is -2.31. The van der Waals surface area contributed by atoms with Crippen molar-refractivity contribution in [1.29, 1.82) is 0 Å². The molecule has 1 aromatic heterocycles. The molecule has 20 heavy (non-hydrogen) atoms. The van der Waals surface area contributed by atoms with E-state index < -0.39 is 5.97 Å². The molecule has 0 aliphatic heterocycles. The van der Waals surface area contributed by atoms with Crippen molar-refractivity contribution in [3.8, 4) is 0 Å². The van der Waals surface area contributed by atoms with Crippen LogP contribution in [0.15, 0.2) is 48.7 Å². The van der Waals surface area contributed by atoms with Crippen molar-refractivity contribution >= 4 is 11.9 Å². The van der Waals surface area contributed by atoms with Crippen molar-refractivity contribution in [3.63, 3.8) is 0 Å². The van der Waals surface area contributed by atoms with Crippen LogP contribution in [0.5, 0.6) is 0 Å². The van der Waals surface area contributed by atoms with Gasteiger partial charge in [0.05, 0.1) is 0 Å². The fraction of sp³-hybridized carbons (Fsp3) is 0.200. The molecule has 2 aromatic rings. The van der Waals surface area contributed by atoms with Gasteiger partial charge < -0.3 is 14.6 Å². The minimum absolute atomic E-state index is 0.142. The summed E-state index contributed by atoms with van der Waals surface area (Å²) in [6.07, 6.45) is 1.77. The Morgan fingerprint density at radius 2 is 1.90 bits per heavy atom. The first-order chi connectivity index (χ1) is 9.66. The molecule has 0 unspecified atom stereocenters. The number of aryl methyl sites for hydroxylation is 1. The minimum atomic E-state index is -0.462. The minimum Gasteiger partial charge on any atom is -0.460 e. The number of nitrogens with one attached hydrogen (secondary N) is 1. The molecule has 0 radical (unpaired) electrons. The summed E-state index contributed by atoms with van der Waals surface area (Å²) >= 11 is 0. The Morgan fingerprint density at radius 3 is 2.55 bits per heavy atom. The van der Waals surface area contributed by atoms with Gasteiger partial charge in [-0.2, -0.15) is 0 Å². The number of carbonyl (C=O) groups excluding carboxylic acids is 2. The topological polar surface area (TPSA) is 60.3 Å². The van der Waals surface area contributed by atoms with E-state index in [9.17, 15) is 9.59 Å². The van der Waals surface area contributed by atoms with Crippen LogP contribution in [0.4, 0.5) is 0 Å². The van der Waals surface area contributed by atoms with Gasteiger partial charge in [-0.1, -0.05) is 30.3 Å². The molecule has 0 aliphatic rings. The third-order valence-corrected chi connectivity index (χ3v) is 2.81. The predicted molar refractivity (Wildman–Crippen MR) is 74.0 cm³/mol. The van der Waals surface area contributed by atoms with E-state index in [0.717, 1.165) is 5.56 Å². The van der Waals surface area contributed by atoms with Crippen LogP contribution in [-0.2, 0) is 23.2 Å². The highest BCUT2D eigenvalue weighted by molar-refractivity contribution is 5.94. The molecule has 1 heterocycles. The van der Waals surface area contributed by atoms with Crippen molar-refractivity contribution in [3.05, 3.63) is 59.9 Å². The summed E-state index contributed by atoms with van der Waals surface area (Å²) in [6, 6.07) is 12.8. The standard InChI is InChI=1S/C15H16N2O3/c1-17-9-5-8-13(17)15(19)16-10-14(18)20-11-12-6-3-2-4-7-12/h2-9H,10-11H2,1H3,(H,16,19). The van der Waals surface area contributed by atoms with E-state index >= 15 is 0 Å². The average Bonchev–Trinajstić information content (AvgIpc) is 2.90. The maximum atomic E-state index is 11.8. The maximum absolute atomic E-state index is 11.8. The van der Waals surface area contributed by atoms with Crippen LogP contribution in [-0.4, -0.2) is 23.0 Å². The summed E-state index contributed by atoms with van der Waals surface area (Å²) in [6.45, 7) is 0.0660. The fourth-order valence-electron chi connectivity index (χ4n) is 1.73. The number of amides is 1. The summed E-state index contributed by atoms with van der Waals surface area (Å²) in [4.78, 5) is 23.3. The summed E-state index contributed by atoms with van der Waals surface area (Å²) in [5.41, 5.74) is 1.41. The summed E-state index contributed by atoms with van der Waals surface area (Å²) in [7, 11) is 1.77. The molecule has 2 rings (SSSR count). The molecule has 0 bridgehead atoms. The molecule has 1 N–H and O–H groups in total. The molecule has 1 aromatic carbocycles. The first-order valence-electron chi connectivity index (χ1n) is 6.26. The monoisotopic (exact) mass is 272 g/mol. The molecule has 0 saturated carbocycles. The fourth-order valence-corrected chi connectivity index (χ4v) is 1.73. The van der Waals surface area contributed by atoms with E-state index in [2.05, 4.69) is 5.32 Å². The number of ether oxygens (including phenoxy) is 1. The third-order valence-electron chi connectivity index (χ3n) is 2.81. The molecule has 104 valence electrons. The van der Waals surface area contributed by atoms with Crippen LogP contribution in [0.25, 0.3) is 0 Å². The molecule has 1 amide bonds. The van der Waals surface area contributed by atoms with E-state index in [1.807, 2.05) is 30.3 Å². The van der Waals surface area contributed by atoms with E-state index in [0.29, 0.717) is 5.69 Å². The van der Waals surface area contributed by atoms with Crippen molar-refractivity contribution in [2.75, 3.05) is 6.54 Å². The first kappa shape index (κ1) is 13.9. The molecule has 5 nitrogen and oxygen atoms in total. The second-order valence-electron chi connectivity index (χ2n) is 4.33. The van der Waals surface area contributed by atoms with Gasteiger partial charge in [0, 0.05) is 13.2 Å². The Kier molecular flexibility index (Phi) is 4.55. The van der Waals surface area contributed by atoms with Gasteiger partial charge in [0.1, 0.15) is 18.8 Å². The van der Waals surface area contributed by atoms with Gasteiger partial charge >= 0.3 is 5.97 Å². The lowest BCUT2D eigenvalue weighted by molar-refractivity contribution is -0.143. The SMILES string of the molecule is Cn1cccc1C(=O)NCC(=O)OCc1ccccc1. The van der Waals surface area contributed by atoms with Gasteiger partial charge in [0.25, 0.3) is 5.91 Å². The summed E-state index contributed by atoms with van der Waals surface area (Å²) < 4.78 is 6.75. The zero-order valence-corrected chi connectivity index (χ0v) is 11.2. The molecule has 0 spiro atoms. The van der Waals surface area contributed by atoms with Gasteiger partial charge in [-0.25, -0.2) is 0 Å². The van der Waals surface area contributed by atoms with Gasteiger partial charge in [-0.05, 0) is 17.7 Å². The smallest absolute Gasteiger partial charge is 0.325 e. The molecular formula is C15H16N2O3. The summed E-state index contributed by atoms with van der Waals surface area (Å²) in [5.74, 6) is -0.759. The van der Waals surface area contributed by atoms with Crippen molar-refractivity contribution < 1.29 is 14.3 Å². The lowest BCUT2D eigenvalue weighted by atomic mass is 10.2. The van der Waals surface area contributed by atoms with Crippen molar-refractivity contribution in [1.82, 2.24) is 9.88 Å². The number of esters is 1. The van der Waals surface area contributed by atoms with Crippen LogP contribution in [0, 0.1) is 0 Å². The number of carbonyl (C=O) groups is 2.